The van der Waals surface area contributed by atoms with E-state index in [0.29, 0.717) is 0 Å². The Morgan fingerprint density at radius 1 is 1.38 bits per heavy atom. The summed E-state index contributed by atoms with van der Waals surface area (Å²) in [7, 11) is 9.60. The molecule has 0 radical (unpaired) electrons. The molecular weight excluding hydrogens is 328 g/mol. The van der Waals surface area contributed by atoms with Crippen molar-refractivity contribution < 1.29 is 4.79 Å². The summed E-state index contributed by atoms with van der Waals surface area (Å²) in [4.78, 5) is 22.8. The fraction of sp³-hybridized carbons (Fsp3) is 0.684. The largest absolute Gasteiger partial charge is 0.356 e. The van der Waals surface area contributed by atoms with E-state index in [-0.39, 0.29) is 11.9 Å². The van der Waals surface area contributed by atoms with Crippen LogP contribution in [0.15, 0.2) is 23.3 Å². The van der Waals surface area contributed by atoms with E-state index in [1.165, 1.54) is 5.69 Å². The van der Waals surface area contributed by atoms with Crippen molar-refractivity contribution in [3.8, 4) is 0 Å². The van der Waals surface area contributed by atoms with Crippen LogP contribution in [0, 0.1) is 0 Å². The summed E-state index contributed by atoms with van der Waals surface area (Å²) < 4.78 is 2.12. The van der Waals surface area contributed by atoms with E-state index in [1.807, 2.05) is 21.1 Å². The highest BCUT2D eigenvalue weighted by Gasteiger charge is 2.30. The third-order valence-corrected chi connectivity index (χ3v) is 5.02. The van der Waals surface area contributed by atoms with Gasteiger partial charge in [0.15, 0.2) is 5.96 Å². The fourth-order valence-electron chi connectivity index (χ4n) is 3.52. The fourth-order valence-corrected chi connectivity index (χ4v) is 3.52. The van der Waals surface area contributed by atoms with E-state index < -0.39 is 0 Å². The second-order valence-electron chi connectivity index (χ2n) is 7.22. The molecule has 1 N–H and O–H groups in total. The highest BCUT2D eigenvalue weighted by atomic mass is 16.2. The van der Waals surface area contributed by atoms with E-state index >= 15 is 0 Å². The number of aromatic nitrogens is 1. The van der Waals surface area contributed by atoms with Gasteiger partial charge in [-0.1, -0.05) is 0 Å². The molecule has 1 aromatic heterocycles. The summed E-state index contributed by atoms with van der Waals surface area (Å²) in [6.07, 6.45) is 5.14. The van der Waals surface area contributed by atoms with Crippen molar-refractivity contribution in [2.45, 2.75) is 31.8 Å². The van der Waals surface area contributed by atoms with Crippen LogP contribution >= 0.6 is 0 Å². The first-order chi connectivity index (χ1) is 12.4. The van der Waals surface area contributed by atoms with Gasteiger partial charge in [0, 0.05) is 60.2 Å². The normalized spacial score (nSPS) is 18.2. The predicted molar refractivity (Wildman–Crippen MR) is 106 cm³/mol. The average Bonchev–Trinajstić information content (AvgIpc) is 3.23. The van der Waals surface area contributed by atoms with E-state index in [0.717, 1.165) is 51.4 Å². The number of hydrogen-bond donors (Lipinski definition) is 1. The maximum atomic E-state index is 12.3. The first kappa shape index (κ1) is 20.3. The van der Waals surface area contributed by atoms with Crippen LogP contribution in [0.2, 0.25) is 0 Å². The molecule has 7 heteroatoms. The van der Waals surface area contributed by atoms with Gasteiger partial charge in [0.2, 0.25) is 5.91 Å². The Bertz CT molecular complexity index is 609. The van der Waals surface area contributed by atoms with Gasteiger partial charge in [-0.3, -0.25) is 14.7 Å². The minimum absolute atomic E-state index is 0.0596. The molecule has 0 aliphatic carbocycles. The number of nitrogens with zero attached hydrogens (tertiary/aromatic N) is 5. The van der Waals surface area contributed by atoms with Gasteiger partial charge in [0.05, 0.1) is 12.6 Å². The number of aryl methyl sites for hydroxylation is 1. The van der Waals surface area contributed by atoms with Crippen molar-refractivity contribution in [2.75, 3.05) is 47.8 Å². The molecule has 1 aromatic rings. The van der Waals surface area contributed by atoms with Crippen molar-refractivity contribution in [3.63, 3.8) is 0 Å². The average molecular weight is 363 g/mol. The lowest BCUT2D eigenvalue weighted by atomic mass is 10.2. The van der Waals surface area contributed by atoms with Crippen molar-refractivity contribution in [2.24, 2.45) is 12.0 Å². The number of amides is 1. The van der Waals surface area contributed by atoms with E-state index in [4.69, 9.17) is 0 Å². The zero-order valence-electron chi connectivity index (χ0n) is 16.9. The lowest BCUT2D eigenvalue weighted by molar-refractivity contribution is -0.133. The Kier molecular flexibility index (Phi) is 7.50. The molecule has 26 heavy (non-hydrogen) atoms. The van der Waals surface area contributed by atoms with Gasteiger partial charge in [-0.25, -0.2) is 0 Å². The first-order valence-electron chi connectivity index (χ1n) is 9.41. The Hall–Kier alpha value is -2.02. The van der Waals surface area contributed by atoms with Crippen LogP contribution in [0.3, 0.4) is 0 Å². The molecule has 0 bridgehead atoms. The Morgan fingerprint density at radius 3 is 2.77 bits per heavy atom. The second kappa shape index (κ2) is 9.62. The maximum Gasteiger partial charge on any atom is 0.239 e. The van der Waals surface area contributed by atoms with E-state index in [1.54, 1.807) is 4.90 Å². The van der Waals surface area contributed by atoms with Gasteiger partial charge in [-0.15, -0.1) is 0 Å². The zero-order chi connectivity index (χ0) is 19.1. The van der Waals surface area contributed by atoms with Crippen LogP contribution in [-0.4, -0.2) is 85.0 Å². The number of rotatable bonds is 7. The van der Waals surface area contributed by atoms with Crippen LogP contribution in [0.5, 0.6) is 0 Å². The highest BCUT2D eigenvalue weighted by molar-refractivity contribution is 5.81. The molecule has 1 saturated heterocycles. The third-order valence-electron chi connectivity index (χ3n) is 5.02. The topological polar surface area (TPSA) is 56.1 Å². The van der Waals surface area contributed by atoms with Gasteiger partial charge in [-0.05, 0) is 37.9 Å². The molecule has 2 rings (SSSR count). The maximum absolute atomic E-state index is 12.3. The molecule has 146 valence electrons. The lowest BCUT2D eigenvalue weighted by Gasteiger charge is -2.26. The van der Waals surface area contributed by atoms with E-state index in [9.17, 15) is 4.79 Å². The molecule has 0 saturated carbocycles. The minimum Gasteiger partial charge on any atom is -0.356 e. The molecule has 7 nitrogen and oxygen atoms in total. The molecule has 1 aliphatic heterocycles. The number of likely N-dealkylation sites (tertiary alicyclic amines) is 1. The number of hydrogen-bond acceptors (Lipinski definition) is 3. The highest BCUT2D eigenvalue weighted by Crippen LogP contribution is 2.18. The van der Waals surface area contributed by atoms with Crippen LogP contribution in [0.4, 0.5) is 0 Å². The van der Waals surface area contributed by atoms with Crippen molar-refractivity contribution >= 4 is 11.9 Å². The Balaban J connectivity index is 1.75. The lowest BCUT2D eigenvalue weighted by Crippen LogP contribution is -2.44. The summed E-state index contributed by atoms with van der Waals surface area (Å²) in [6, 6.07) is 4.24. The minimum atomic E-state index is 0.0596. The van der Waals surface area contributed by atoms with Crippen LogP contribution in [0.1, 0.15) is 25.0 Å². The number of likely N-dealkylation sites (N-methyl/N-ethyl adjacent to an activating group) is 1. The number of aliphatic imine (C=N–C) groups is 1. The SMILES string of the molecule is CN=C(NCCCN1CCCC1C(=O)N(C)C)N(C)Cc1cccn1C. The smallest absolute Gasteiger partial charge is 0.239 e. The molecule has 0 aromatic carbocycles. The Morgan fingerprint density at radius 2 is 2.15 bits per heavy atom. The van der Waals surface area contributed by atoms with Crippen molar-refractivity contribution in [1.29, 1.82) is 0 Å². The molecule has 2 heterocycles. The first-order valence-corrected chi connectivity index (χ1v) is 9.41. The summed E-state index contributed by atoms with van der Waals surface area (Å²) in [5.74, 6) is 1.13. The monoisotopic (exact) mass is 362 g/mol. The van der Waals surface area contributed by atoms with Gasteiger partial charge >= 0.3 is 0 Å². The molecule has 1 aliphatic rings. The van der Waals surface area contributed by atoms with Crippen LogP contribution < -0.4 is 5.32 Å². The molecule has 1 atom stereocenters. The summed E-state index contributed by atoms with van der Waals surface area (Å²) in [5, 5.41) is 3.44. The second-order valence-corrected chi connectivity index (χ2v) is 7.22. The molecular formula is C19H34N6O. The third kappa shape index (κ3) is 5.24. The quantitative estimate of drug-likeness (QED) is 0.446. The molecule has 0 spiro atoms. The van der Waals surface area contributed by atoms with E-state index in [2.05, 4.69) is 57.1 Å². The van der Waals surface area contributed by atoms with Gasteiger partial charge in [0.1, 0.15) is 0 Å². The molecule has 1 fully saturated rings. The van der Waals surface area contributed by atoms with Gasteiger partial charge < -0.3 is 19.7 Å². The van der Waals surface area contributed by atoms with Gasteiger partial charge in [-0.2, -0.15) is 0 Å². The predicted octanol–water partition coefficient (Wildman–Crippen LogP) is 0.975. The van der Waals surface area contributed by atoms with Crippen molar-refractivity contribution in [3.05, 3.63) is 24.0 Å². The number of carbonyl (C=O) groups excluding carboxylic acids is 1. The molecule has 1 unspecified atom stereocenters. The standard InChI is InChI=1S/C19H34N6O/c1-20-19(24(5)15-16-9-6-12-23(16)4)21-11-8-14-25-13-7-10-17(25)18(26)22(2)3/h6,9,12,17H,7-8,10-11,13-15H2,1-5H3,(H,20,21). The van der Waals surface area contributed by atoms with Crippen LogP contribution in [0.25, 0.3) is 0 Å². The van der Waals surface area contributed by atoms with Crippen molar-refractivity contribution in [1.82, 2.24) is 24.6 Å². The zero-order valence-corrected chi connectivity index (χ0v) is 16.9. The summed E-state index contributed by atoms with van der Waals surface area (Å²) >= 11 is 0. The molecule has 1 amide bonds. The number of carbonyl (C=O) groups is 1. The van der Waals surface area contributed by atoms with Crippen LogP contribution in [-0.2, 0) is 18.4 Å². The number of nitrogens with one attached hydrogen (secondary N) is 1. The number of guanidine groups is 1. The summed E-state index contributed by atoms with van der Waals surface area (Å²) in [5.41, 5.74) is 1.25. The summed E-state index contributed by atoms with van der Waals surface area (Å²) in [6.45, 7) is 3.63. The Labute approximate surface area is 157 Å². The van der Waals surface area contributed by atoms with Gasteiger partial charge in [0.25, 0.3) is 0 Å².